The predicted octanol–water partition coefficient (Wildman–Crippen LogP) is 1.20. The zero-order valence-electron chi connectivity index (χ0n) is 11.7. The molecule has 0 aliphatic carbocycles. The van der Waals surface area contributed by atoms with Crippen molar-refractivity contribution in [2.45, 2.75) is 45.4 Å². The number of aliphatic hydroxyl groups excluding tert-OH is 1. The van der Waals surface area contributed by atoms with E-state index >= 15 is 0 Å². The fourth-order valence-electron chi connectivity index (χ4n) is 2.55. The van der Waals surface area contributed by atoms with Crippen LogP contribution in [0.5, 0.6) is 0 Å². The zero-order valence-corrected chi connectivity index (χ0v) is 11.7. The Morgan fingerprint density at radius 2 is 2.21 bits per heavy atom. The number of carbonyl (C=O) groups is 1. The topological polar surface area (TPSA) is 61.4 Å². The molecule has 0 aromatic heterocycles. The van der Waals surface area contributed by atoms with E-state index < -0.39 is 6.10 Å². The van der Waals surface area contributed by atoms with Crippen LogP contribution in [0.15, 0.2) is 18.2 Å². The molecule has 4 nitrogen and oxygen atoms in total. The zero-order chi connectivity index (χ0) is 14.0. The smallest absolute Gasteiger partial charge is 0.237 e. The van der Waals surface area contributed by atoms with Crippen LogP contribution >= 0.6 is 0 Å². The van der Waals surface area contributed by atoms with Gasteiger partial charge in [-0.1, -0.05) is 18.2 Å². The highest BCUT2D eigenvalue weighted by Crippen LogP contribution is 2.20. The van der Waals surface area contributed by atoms with Gasteiger partial charge in [0.1, 0.15) is 0 Å². The van der Waals surface area contributed by atoms with Crippen molar-refractivity contribution in [3.63, 3.8) is 0 Å². The van der Waals surface area contributed by atoms with Crippen molar-refractivity contribution in [2.24, 2.45) is 0 Å². The van der Waals surface area contributed by atoms with Crippen LogP contribution < -0.4 is 10.6 Å². The predicted molar refractivity (Wildman–Crippen MR) is 74.9 cm³/mol. The molecule has 2 rings (SSSR count). The lowest BCUT2D eigenvalue weighted by molar-refractivity contribution is -0.123. The quantitative estimate of drug-likeness (QED) is 0.767. The van der Waals surface area contributed by atoms with E-state index in [1.807, 2.05) is 19.1 Å². The molecule has 1 amide bonds. The van der Waals surface area contributed by atoms with Crippen molar-refractivity contribution in [1.82, 2.24) is 10.6 Å². The first-order chi connectivity index (χ1) is 8.99. The number of hydrogen-bond donors (Lipinski definition) is 3. The molecular weight excluding hydrogens is 240 g/mol. The van der Waals surface area contributed by atoms with Gasteiger partial charge in [0.05, 0.1) is 18.2 Å². The van der Waals surface area contributed by atoms with Gasteiger partial charge in [-0.25, -0.2) is 0 Å². The van der Waals surface area contributed by atoms with E-state index in [9.17, 15) is 9.90 Å². The van der Waals surface area contributed by atoms with Gasteiger partial charge < -0.3 is 15.7 Å². The lowest BCUT2D eigenvalue weighted by atomic mass is 9.98. The van der Waals surface area contributed by atoms with Crippen molar-refractivity contribution in [3.05, 3.63) is 34.9 Å². The van der Waals surface area contributed by atoms with Gasteiger partial charge in [0.25, 0.3) is 0 Å². The first-order valence-electron chi connectivity index (χ1n) is 6.77. The van der Waals surface area contributed by atoms with Gasteiger partial charge in [0, 0.05) is 6.54 Å². The van der Waals surface area contributed by atoms with E-state index in [1.54, 1.807) is 0 Å². The molecule has 1 aliphatic heterocycles. The maximum absolute atomic E-state index is 12.1. The van der Waals surface area contributed by atoms with E-state index in [-0.39, 0.29) is 18.0 Å². The van der Waals surface area contributed by atoms with Crippen LogP contribution in [0, 0.1) is 13.8 Å². The van der Waals surface area contributed by atoms with Gasteiger partial charge in [-0.15, -0.1) is 0 Å². The number of amides is 1. The molecule has 1 heterocycles. The van der Waals surface area contributed by atoms with Crippen LogP contribution in [0.3, 0.4) is 0 Å². The monoisotopic (exact) mass is 262 g/mol. The molecule has 3 unspecified atom stereocenters. The number of aryl methyl sites for hydroxylation is 1. The Kier molecular flexibility index (Phi) is 4.22. The average molecular weight is 262 g/mol. The summed E-state index contributed by atoms with van der Waals surface area (Å²) in [6.07, 6.45) is 0.0810. The number of aliphatic hydroxyl groups is 1. The van der Waals surface area contributed by atoms with Crippen LogP contribution in [0.2, 0.25) is 0 Å². The molecule has 4 heteroatoms. The van der Waals surface area contributed by atoms with E-state index in [2.05, 4.69) is 30.5 Å². The average Bonchev–Trinajstić information content (AvgIpc) is 2.79. The minimum Gasteiger partial charge on any atom is -0.392 e. The van der Waals surface area contributed by atoms with Crippen molar-refractivity contribution >= 4 is 5.91 Å². The molecule has 3 atom stereocenters. The number of β-amino-alcohol motifs (C(OH)–C–C–N with tert-alkyl or cyclic N) is 1. The van der Waals surface area contributed by atoms with Crippen molar-refractivity contribution in [3.8, 4) is 0 Å². The van der Waals surface area contributed by atoms with Crippen LogP contribution in [0.4, 0.5) is 0 Å². The molecule has 1 aromatic carbocycles. The Balaban J connectivity index is 2.02. The summed E-state index contributed by atoms with van der Waals surface area (Å²) in [5.74, 6) is -0.0371. The first kappa shape index (κ1) is 14.0. The Morgan fingerprint density at radius 3 is 2.84 bits per heavy atom. The normalized spacial score (nSPS) is 24.2. The largest absolute Gasteiger partial charge is 0.392 e. The van der Waals surface area contributed by atoms with Crippen LogP contribution in [-0.4, -0.2) is 29.7 Å². The third-order valence-corrected chi connectivity index (χ3v) is 3.90. The summed E-state index contributed by atoms with van der Waals surface area (Å²) in [7, 11) is 0. The van der Waals surface area contributed by atoms with Crippen molar-refractivity contribution in [2.75, 3.05) is 6.54 Å². The second kappa shape index (κ2) is 5.72. The SMILES string of the molecule is Cc1cccc(C(C)NC(=O)C2CC(O)CN2)c1C. The molecule has 0 spiro atoms. The number of benzene rings is 1. The minimum absolute atomic E-state index is 0.0213. The van der Waals surface area contributed by atoms with Gasteiger partial charge in [-0.3, -0.25) is 4.79 Å². The summed E-state index contributed by atoms with van der Waals surface area (Å²) in [5, 5.41) is 15.5. The maximum Gasteiger partial charge on any atom is 0.237 e. The van der Waals surface area contributed by atoms with E-state index in [4.69, 9.17) is 0 Å². The maximum atomic E-state index is 12.1. The standard InChI is InChI=1S/C15H22N2O2/c1-9-5-4-6-13(10(9)2)11(3)17-15(19)14-7-12(18)8-16-14/h4-6,11-12,14,16,18H,7-8H2,1-3H3,(H,17,19). The fourth-order valence-corrected chi connectivity index (χ4v) is 2.55. The summed E-state index contributed by atoms with van der Waals surface area (Å²) in [4.78, 5) is 12.1. The van der Waals surface area contributed by atoms with Gasteiger partial charge in [0.2, 0.25) is 5.91 Å². The lowest BCUT2D eigenvalue weighted by Crippen LogP contribution is -2.41. The number of carbonyl (C=O) groups excluding carboxylic acids is 1. The Bertz CT molecular complexity index is 473. The van der Waals surface area contributed by atoms with E-state index in [0.29, 0.717) is 13.0 Å². The van der Waals surface area contributed by atoms with Gasteiger partial charge in [-0.05, 0) is 43.9 Å². The fraction of sp³-hybridized carbons (Fsp3) is 0.533. The second-order valence-electron chi connectivity index (χ2n) is 5.37. The number of hydrogen-bond acceptors (Lipinski definition) is 3. The molecule has 3 N–H and O–H groups in total. The van der Waals surface area contributed by atoms with Gasteiger partial charge in [-0.2, -0.15) is 0 Å². The highest BCUT2D eigenvalue weighted by Gasteiger charge is 2.28. The Morgan fingerprint density at radius 1 is 1.47 bits per heavy atom. The van der Waals surface area contributed by atoms with Crippen LogP contribution in [0.1, 0.15) is 36.1 Å². The number of nitrogens with one attached hydrogen (secondary N) is 2. The highest BCUT2D eigenvalue weighted by molar-refractivity contribution is 5.82. The number of rotatable bonds is 3. The molecule has 1 aliphatic rings. The van der Waals surface area contributed by atoms with E-state index in [1.165, 1.54) is 11.1 Å². The summed E-state index contributed by atoms with van der Waals surface area (Å²) >= 11 is 0. The lowest BCUT2D eigenvalue weighted by Gasteiger charge is -2.20. The van der Waals surface area contributed by atoms with E-state index in [0.717, 1.165) is 5.56 Å². The second-order valence-corrected chi connectivity index (χ2v) is 5.37. The third-order valence-electron chi connectivity index (χ3n) is 3.90. The van der Waals surface area contributed by atoms with Crippen LogP contribution in [0.25, 0.3) is 0 Å². The van der Waals surface area contributed by atoms with Crippen LogP contribution in [-0.2, 0) is 4.79 Å². The molecule has 0 bridgehead atoms. The molecule has 0 radical (unpaired) electrons. The summed E-state index contributed by atoms with van der Waals surface area (Å²) < 4.78 is 0. The molecule has 19 heavy (non-hydrogen) atoms. The molecule has 1 aromatic rings. The molecule has 1 saturated heterocycles. The minimum atomic E-state index is -0.410. The molecule has 0 saturated carbocycles. The Hall–Kier alpha value is -1.39. The van der Waals surface area contributed by atoms with Gasteiger partial charge in [0.15, 0.2) is 0 Å². The molecule has 1 fully saturated rings. The summed E-state index contributed by atoms with van der Waals surface area (Å²) in [6.45, 7) is 6.63. The highest BCUT2D eigenvalue weighted by atomic mass is 16.3. The van der Waals surface area contributed by atoms with Crippen molar-refractivity contribution < 1.29 is 9.90 Å². The van der Waals surface area contributed by atoms with Gasteiger partial charge >= 0.3 is 0 Å². The summed E-state index contributed by atoms with van der Waals surface area (Å²) in [5.41, 5.74) is 3.59. The first-order valence-corrected chi connectivity index (χ1v) is 6.77. The molecular formula is C15H22N2O2. The van der Waals surface area contributed by atoms with Crippen molar-refractivity contribution in [1.29, 1.82) is 0 Å². The molecule has 104 valence electrons. The third kappa shape index (κ3) is 3.14. The Labute approximate surface area is 114 Å². The summed E-state index contributed by atoms with van der Waals surface area (Å²) in [6, 6.07) is 5.83.